The largest absolute Gasteiger partial charge is 0.508 e. The monoisotopic (exact) mass is 1820 g/mol. The van der Waals surface area contributed by atoms with Crippen molar-refractivity contribution < 1.29 is 132 Å². The molecule has 1 unspecified atom stereocenters. The van der Waals surface area contributed by atoms with Crippen molar-refractivity contribution in [3.05, 3.63) is 153 Å². The fraction of sp³-hybridized carbons (Fsp3) is 0.417. The number of aliphatic hydroxyl groups is 6. The number of fused-ring (bicyclic) bond motifs is 15. The third-order valence-corrected chi connectivity index (χ3v) is 22.8. The number of hydrogen-bond acceptors (Lipinski definition) is 29. The molecule has 0 aliphatic carbocycles. The smallest absolute Gasteiger partial charge is 0.330 e. The average molecular weight is 1820 g/mol. The van der Waals surface area contributed by atoms with Gasteiger partial charge in [0.15, 0.2) is 23.9 Å². The maximum absolute atomic E-state index is 16.3. The summed E-state index contributed by atoms with van der Waals surface area (Å²) >= 11 is 14.4. The van der Waals surface area contributed by atoms with E-state index in [1.165, 1.54) is 37.1 Å². The van der Waals surface area contributed by atoms with Gasteiger partial charge in [-0.25, -0.2) is 15.0 Å². The van der Waals surface area contributed by atoms with Crippen LogP contribution < -0.4 is 94.4 Å². The highest BCUT2D eigenvalue weighted by Crippen LogP contribution is 2.50. The number of phenolic OH excluding ortho intramolecular Hbond substituents is 3. The molecule has 13 amide bonds. The van der Waals surface area contributed by atoms with Crippen LogP contribution in [0.15, 0.2) is 109 Å². The molecule has 6 aromatic rings. The fourth-order valence-corrected chi connectivity index (χ4v) is 16.0. The van der Waals surface area contributed by atoms with Crippen LogP contribution in [0.2, 0.25) is 10.0 Å². The minimum absolute atomic E-state index is 0.0388. The predicted molar refractivity (Wildman–Crippen MR) is 450 cm³/mol. The van der Waals surface area contributed by atoms with E-state index in [-0.39, 0.29) is 55.3 Å². The molecule has 686 valence electrons. The van der Waals surface area contributed by atoms with E-state index >= 15 is 24.0 Å². The van der Waals surface area contributed by atoms with Gasteiger partial charge < -0.3 is 149 Å². The number of nitrogens with two attached hydrogens (primary N) is 2. The molecule has 3 saturated heterocycles. The second kappa shape index (κ2) is 40.7. The first-order chi connectivity index (χ1) is 60.8. The number of nitrogens with one attached hydrogen (secondary N) is 12. The number of carbonyl (C=O) groups is 11. The average Bonchev–Trinajstić information content (AvgIpc) is 0.761. The number of halogens is 2. The van der Waals surface area contributed by atoms with Crippen LogP contribution in [0.25, 0.3) is 17.2 Å². The Kier molecular flexibility index (Phi) is 30.1. The van der Waals surface area contributed by atoms with Gasteiger partial charge in [0.25, 0.3) is 5.91 Å². The van der Waals surface area contributed by atoms with E-state index in [9.17, 15) is 74.7 Å². The fourth-order valence-electron chi connectivity index (χ4n) is 15.6. The van der Waals surface area contributed by atoms with Gasteiger partial charge in [-0.15, -0.1) is 0 Å². The lowest BCUT2D eigenvalue weighted by Crippen LogP contribution is -2.66. The van der Waals surface area contributed by atoms with Crippen LogP contribution in [0.1, 0.15) is 124 Å². The van der Waals surface area contributed by atoms with Gasteiger partial charge in [0, 0.05) is 61.3 Å². The Labute approximate surface area is 740 Å². The van der Waals surface area contributed by atoms with Crippen LogP contribution in [-0.4, -0.2) is 241 Å². The molecule has 0 spiro atoms. The molecular formula is C84H99Cl2N15O27. The van der Waals surface area contributed by atoms with Crippen LogP contribution in [0.3, 0.4) is 0 Å². The van der Waals surface area contributed by atoms with E-state index in [4.69, 9.17) is 67.8 Å². The molecule has 25 N–H and O–H groups in total. The summed E-state index contributed by atoms with van der Waals surface area (Å²) in [7, 11) is 1.46. The molecule has 14 rings (SSSR count). The van der Waals surface area contributed by atoms with Crippen molar-refractivity contribution in [2.24, 2.45) is 17.4 Å². The van der Waals surface area contributed by atoms with E-state index in [0.29, 0.717) is 18.8 Å². The summed E-state index contributed by atoms with van der Waals surface area (Å²) in [5, 5.41) is 132. The van der Waals surface area contributed by atoms with Crippen LogP contribution in [0, 0.1) is 5.92 Å². The van der Waals surface area contributed by atoms with Gasteiger partial charge in [-0.2, -0.15) is 0 Å². The quantitative estimate of drug-likeness (QED) is 0.0321. The van der Waals surface area contributed by atoms with Gasteiger partial charge >= 0.3 is 12.1 Å². The number of amides is 13. The normalized spacial score (nSPS) is 26.9. The standard InChI is InChI=1S/C84H99Cl2N15O27/c1-7-122-43-14-8-37(9-15-43)10-19-59(107)92-58-20-22-101(83(121)93-58)23-21-90-84(5)33-60(123-36(4)73(84)112)127-72-70(111)69(110)56(34-102)126-81(72)128-71-54-28-41-29-55(71)125-53-18-13-40(27-47(53)86)68(109)66-79(118)96-64(80(119)99-100-82(88)120)45-30-42(103)31-51(105)61(45)44-25-38(11-16-50(44)104)62(76(115)98-66)95-77(116)63(41)94-75(114)49(32-57(87)106)91-78(117)65(97-74(113)48(89-6)24-35(2)3)67(108)39-12-17-52(124-54)46(85)26-39/h8-19,25-31,35-36,48-49,56,58,60,62-70,72-73,81,89-90,102-105,108-112H,7,20-24,32-34H2,1-6H3,(H2,87,106)(H,91,117)(H,92,107)(H,93,121)(H,94,114)(H,95,116)(H,96,118)(H,97,113)(H,98,115)(H,99,119)(H3,88,100,120)/b19-10+/t36-,48+,49-,56+,58?,60-,62+,63+,64+,65+,66-,67+,68+,69+,70-,72+,73+,81-,84-/m0/s1. The highest BCUT2D eigenvalue weighted by Gasteiger charge is 2.53. The zero-order chi connectivity index (χ0) is 92.6. The van der Waals surface area contributed by atoms with Crippen molar-refractivity contribution in [3.8, 4) is 62.9 Å². The number of carbonyl (C=O) groups excluding carboxylic acids is 11. The van der Waals surface area contributed by atoms with E-state index < -0.39 is 272 Å². The highest BCUT2D eigenvalue weighted by atomic mass is 35.5. The molecule has 0 radical (unpaired) electrons. The van der Waals surface area contributed by atoms with Gasteiger partial charge in [-0.3, -0.25) is 48.6 Å². The van der Waals surface area contributed by atoms with Crippen molar-refractivity contribution in [1.29, 1.82) is 0 Å². The van der Waals surface area contributed by atoms with Gasteiger partial charge in [0.05, 0.1) is 47.9 Å². The van der Waals surface area contributed by atoms with E-state index in [2.05, 4.69) is 53.2 Å². The van der Waals surface area contributed by atoms with Crippen molar-refractivity contribution in [1.82, 2.24) is 68.9 Å². The molecule has 8 aliphatic heterocycles. The van der Waals surface area contributed by atoms with Crippen LogP contribution in [-0.2, 0) is 57.4 Å². The SMILES string of the molecule is CCOc1ccc(/C=C/C(=O)NC2CCN(CCN[C@@]3(C)C[C@H](O[C@H]4[C@H](Oc5c6cc7cc5Oc5ccc(cc5Cl)[C@@H](O)[C@@H](NC(=O)[C@@H](CC(C)C)NC)C(=O)N[C@@H](CC(N)=O)C(=O)N[C@H]7C(=O)N[C@H]5C(=O)N[C@H](C(=O)N[C@@H](C(=O)NNC(N)=O)c7cc(O)cc(O)c7-c7cc5ccc7O)[C@H](O)c5ccc(c(Cl)c5)O6)O[C@H](CO)[C@@H](O)[C@@H]4O)O[C@@H](C)[C@H]3O)C(=O)N2)cc1. The number of aliphatic hydroxyl groups excluding tert-OH is 6. The zero-order valence-electron chi connectivity index (χ0n) is 69.5. The third kappa shape index (κ3) is 21.9. The summed E-state index contributed by atoms with van der Waals surface area (Å²) in [6, 6.07) is 4.15. The summed E-state index contributed by atoms with van der Waals surface area (Å²) < 4.78 is 44.9. The summed E-state index contributed by atoms with van der Waals surface area (Å²) in [4.78, 5) is 160. The van der Waals surface area contributed by atoms with Crippen molar-refractivity contribution >= 4 is 94.5 Å². The zero-order valence-corrected chi connectivity index (χ0v) is 71.0. The number of ether oxygens (including phenoxy) is 7. The van der Waals surface area contributed by atoms with Crippen molar-refractivity contribution in [3.63, 3.8) is 0 Å². The number of benzene rings is 6. The summed E-state index contributed by atoms with van der Waals surface area (Å²) in [5.41, 5.74) is 11.3. The Bertz CT molecular complexity index is 5250. The summed E-state index contributed by atoms with van der Waals surface area (Å²) in [6.07, 6.45) is -17.0. The molecule has 8 aliphatic rings. The first-order valence-electron chi connectivity index (χ1n) is 40.6. The number of hydrazine groups is 1. The predicted octanol–water partition coefficient (Wildman–Crippen LogP) is 0.322. The maximum Gasteiger partial charge on any atom is 0.330 e. The number of urea groups is 2. The van der Waals surface area contributed by atoms with Crippen LogP contribution in [0.5, 0.6) is 51.7 Å². The summed E-state index contributed by atoms with van der Waals surface area (Å²) in [5.74, 6) is -15.9. The van der Waals surface area contributed by atoms with Gasteiger partial charge in [0.2, 0.25) is 59.3 Å². The summed E-state index contributed by atoms with van der Waals surface area (Å²) in [6.45, 7) is 8.37. The minimum Gasteiger partial charge on any atom is -0.508 e. The number of rotatable bonds is 22. The first kappa shape index (κ1) is 94.7. The molecule has 42 nitrogen and oxygen atoms in total. The Hall–Kier alpha value is -12.4. The van der Waals surface area contributed by atoms with E-state index in [1.54, 1.807) is 37.3 Å². The highest BCUT2D eigenvalue weighted by molar-refractivity contribution is 6.32. The van der Waals surface area contributed by atoms with Crippen molar-refractivity contribution in [2.75, 3.05) is 39.9 Å². The van der Waals surface area contributed by atoms with E-state index in [0.717, 1.165) is 72.3 Å². The van der Waals surface area contributed by atoms with Gasteiger partial charge in [-0.05, 0) is 146 Å². The lowest BCUT2D eigenvalue weighted by Gasteiger charge is -2.48. The molecule has 0 aromatic heterocycles. The second-order valence-electron chi connectivity index (χ2n) is 31.8. The molecular weight excluding hydrogens is 1720 g/mol. The lowest BCUT2D eigenvalue weighted by molar-refractivity contribution is -0.334. The van der Waals surface area contributed by atoms with Gasteiger partial charge in [-0.1, -0.05) is 67.4 Å². The molecule has 19 atom stereocenters. The molecule has 8 heterocycles. The number of nitrogens with zero attached hydrogens (tertiary/aromatic N) is 1. The molecule has 11 bridgehead atoms. The van der Waals surface area contributed by atoms with E-state index in [1.807, 2.05) is 31.6 Å². The van der Waals surface area contributed by atoms with Crippen LogP contribution >= 0.6 is 23.2 Å². The topological polar surface area (TPSA) is 634 Å². The minimum atomic E-state index is -2.41. The molecule has 3 fully saturated rings. The number of hydrogen-bond donors (Lipinski definition) is 23. The Morgan fingerprint density at radius 3 is 1.98 bits per heavy atom. The molecule has 6 aromatic carbocycles. The maximum atomic E-state index is 16.3. The Morgan fingerprint density at radius 2 is 1.35 bits per heavy atom. The first-order valence-corrected chi connectivity index (χ1v) is 41.4. The second-order valence-corrected chi connectivity index (χ2v) is 32.6. The third-order valence-electron chi connectivity index (χ3n) is 22.2. The molecule has 0 saturated carbocycles. The number of likely N-dealkylation sites (N-methyl/N-ethyl adjacent to an activating group) is 1. The van der Waals surface area contributed by atoms with Gasteiger partial charge in [0.1, 0.15) is 107 Å². The number of aromatic hydroxyl groups is 3. The lowest BCUT2D eigenvalue weighted by atomic mass is 9.85. The Balaban J connectivity index is 0.971. The molecule has 128 heavy (non-hydrogen) atoms. The van der Waals surface area contributed by atoms with Crippen LogP contribution in [0.4, 0.5) is 9.59 Å². The number of phenols is 3. The Morgan fingerprint density at radius 1 is 0.703 bits per heavy atom. The van der Waals surface area contributed by atoms with Crippen molar-refractivity contribution in [2.45, 2.75) is 176 Å². The number of primary amides is 2. The molecule has 44 heteroatoms.